The van der Waals surface area contributed by atoms with Crippen LogP contribution in [0.25, 0.3) is 0 Å². The van der Waals surface area contributed by atoms with Crippen molar-refractivity contribution in [3.05, 3.63) is 21.4 Å². The third-order valence-electron chi connectivity index (χ3n) is 2.73. The van der Waals surface area contributed by atoms with E-state index in [1.165, 1.54) is 11.3 Å². The third-order valence-corrected chi connectivity index (χ3v) is 3.87. The van der Waals surface area contributed by atoms with Crippen molar-refractivity contribution >= 4 is 17.2 Å². The molecule has 0 aromatic carbocycles. The maximum absolute atomic E-state index is 12.3. The van der Waals surface area contributed by atoms with Crippen LogP contribution >= 0.6 is 11.3 Å². The highest BCUT2D eigenvalue weighted by molar-refractivity contribution is 7.14. The van der Waals surface area contributed by atoms with E-state index in [0.717, 1.165) is 10.4 Å². The Hall–Kier alpha value is -1.82. The molecule has 1 rings (SSSR count). The maximum Gasteiger partial charge on any atom is 0.263 e. The maximum atomic E-state index is 12.3. The standard InChI is InChI=1S/C15H18N2O2S/c1-3-17(9-6-8-16)15(19)14-11-12(2)13(20-14)7-4-5-10-18/h11,18H,3,5-6,9-10H2,1-2H3. The number of amides is 1. The van der Waals surface area contributed by atoms with Gasteiger partial charge in [-0.3, -0.25) is 4.79 Å². The number of aryl methyl sites for hydroxylation is 1. The second-order valence-electron chi connectivity index (χ2n) is 4.19. The topological polar surface area (TPSA) is 64.3 Å². The molecule has 0 aliphatic carbocycles. The van der Waals surface area contributed by atoms with E-state index in [9.17, 15) is 4.79 Å². The zero-order valence-corrected chi connectivity index (χ0v) is 12.6. The molecule has 0 saturated heterocycles. The first-order valence-electron chi connectivity index (χ1n) is 6.50. The number of carbonyl (C=O) groups is 1. The van der Waals surface area contributed by atoms with Crippen LogP contribution in [0.15, 0.2) is 6.07 Å². The quantitative estimate of drug-likeness (QED) is 0.845. The normalized spacial score (nSPS) is 9.50. The van der Waals surface area contributed by atoms with Gasteiger partial charge in [0.2, 0.25) is 0 Å². The number of nitrogens with zero attached hydrogens (tertiary/aromatic N) is 2. The first-order valence-corrected chi connectivity index (χ1v) is 7.32. The minimum absolute atomic E-state index is 0.0426. The highest BCUT2D eigenvalue weighted by Crippen LogP contribution is 2.22. The summed E-state index contributed by atoms with van der Waals surface area (Å²) < 4.78 is 0. The number of hydrogen-bond donors (Lipinski definition) is 1. The Morgan fingerprint density at radius 2 is 2.25 bits per heavy atom. The molecule has 1 aromatic rings. The Morgan fingerprint density at radius 1 is 1.50 bits per heavy atom. The van der Waals surface area contributed by atoms with Gasteiger partial charge in [0.1, 0.15) is 0 Å². The molecule has 4 nitrogen and oxygen atoms in total. The van der Waals surface area contributed by atoms with Gasteiger partial charge in [0.15, 0.2) is 0 Å². The lowest BCUT2D eigenvalue weighted by atomic mass is 10.2. The number of hydrogen-bond acceptors (Lipinski definition) is 4. The van der Waals surface area contributed by atoms with Gasteiger partial charge in [0, 0.05) is 19.5 Å². The van der Waals surface area contributed by atoms with Crippen molar-refractivity contribution in [2.24, 2.45) is 0 Å². The largest absolute Gasteiger partial charge is 0.395 e. The van der Waals surface area contributed by atoms with Crippen LogP contribution < -0.4 is 0 Å². The molecule has 1 N–H and O–H groups in total. The van der Waals surface area contributed by atoms with Gasteiger partial charge in [-0.15, -0.1) is 11.3 Å². The minimum Gasteiger partial charge on any atom is -0.395 e. The lowest BCUT2D eigenvalue weighted by molar-refractivity contribution is 0.0772. The van der Waals surface area contributed by atoms with Crippen molar-refractivity contribution < 1.29 is 9.90 Å². The van der Waals surface area contributed by atoms with Gasteiger partial charge >= 0.3 is 0 Å². The number of thiophene rings is 1. The van der Waals surface area contributed by atoms with Gasteiger partial charge in [-0.2, -0.15) is 5.26 Å². The Kier molecular flexibility index (Phi) is 6.79. The molecular formula is C15H18N2O2S. The molecule has 5 heteroatoms. The molecular weight excluding hydrogens is 272 g/mol. The van der Waals surface area contributed by atoms with Gasteiger partial charge in [0.25, 0.3) is 5.91 Å². The van der Waals surface area contributed by atoms with Gasteiger partial charge < -0.3 is 10.0 Å². The van der Waals surface area contributed by atoms with E-state index in [2.05, 4.69) is 17.9 Å². The van der Waals surface area contributed by atoms with E-state index in [0.29, 0.717) is 30.8 Å². The summed E-state index contributed by atoms with van der Waals surface area (Å²) in [6, 6.07) is 3.89. The molecule has 0 spiro atoms. The third kappa shape index (κ3) is 4.38. The van der Waals surface area contributed by atoms with Gasteiger partial charge in [0.05, 0.1) is 28.9 Å². The van der Waals surface area contributed by atoms with Crippen LogP contribution in [0.1, 0.15) is 39.9 Å². The molecule has 0 aliphatic heterocycles. The zero-order chi connectivity index (χ0) is 15.0. The van der Waals surface area contributed by atoms with Gasteiger partial charge in [-0.1, -0.05) is 11.8 Å². The molecule has 1 amide bonds. The van der Waals surface area contributed by atoms with Crippen LogP contribution in [0.2, 0.25) is 0 Å². The second-order valence-corrected chi connectivity index (χ2v) is 5.24. The summed E-state index contributed by atoms with van der Waals surface area (Å²) in [4.78, 5) is 15.5. The van der Waals surface area contributed by atoms with E-state index < -0.39 is 0 Å². The number of aliphatic hydroxyl groups is 1. The summed E-state index contributed by atoms with van der Waals surface area (Å²) in [6.07, 6.45) is 0.775. The fourth-order valence-electron chi connectivity index (χ4n) is 1.65. The number of rotatable bonds is 5. The lowest BCUT2D eigenvalue weighted by Crippen LogP contribution is -2.31. The Morgan fingerprint density at radius 3 is 2.85 bits per heavy atom. The fraction of sp³-hybridized carbons (Fsp3) is 0.467. The van der Waals surface area contributed by atoms with Crippen molar-refractivity contribution in [1.82, 2.24) is 4.90 Å². The summed E-state index contributed by atoms with van der Waals surface area (Å²) in [7, 11) is 0. The average molecular weight is 290 g/mol. The minimum atomic E-state index is -0.0499. The first kappa shape index (κ1) is 16.2. The molecule has 0 saturated carbocycles. The monoisotopic (exact) mass is 290 g/mol. The van der Waals surface area contributed by atoms with Crippen molar-refractivity contribution in [1.29, 1.82) is 5.26 Å². The molecule has 0 fully saturated rings. The number of aliphatic hydroxyl groups excluding tert-OH is 1. The molecule has 0 bridgehead atoms. The van der Waals surface area contributed by atoms with Gasteiger partial charge in [-0.25, -0.2) is 0 Å². The van der Waals surface area contributed by atoms with E-state index >= 15 is 0 Å². The lowest BCUT2D eigenvalue weighted by Gasteiger charge is -2.18. The smallest absolute Gasteiger partial charge is 0.263 e. The predicted octanol–water partition coefficient (Wildman–Crippen LogP) is 2.17. The zero-order valence-electron chi connectivity index (χ0n) is 11.8. The summed E-state index contributed by atoms with van der Waals surface area (Å²) >= 11 is 1.37. The van der Waals surface area contributed by atoms with Crippen LogP contribution in [0.4, 0.5) is 0 Å². The van der Waals surface area contributed by atoms with Crippen LogP contribution in [0.3, 0.4) is 0 Å². The van der Waals surface area contributed by atoms with Crippen LogP contribution in [0, 0.1) is 30.1 Å². The van der Waals surface area contributed by atoms with Gasteiger partial charge in [-0.05, 0) is 25.5 Å². The van der Waals surface area contributed by atoms with E-state index in [1.807, 2.05) is 19.9 Å². The summed E-state index contributed by atoms with van der Waals surface area (Å²) in [6.45, 7) is 4.90. The molecule has 0 unspecified atom stereocenters. The van der Waals surface area contributed by atoms with Crippen molar-refractivity contribution in [2.75, 3.05) is 19.7 Å². The molecule has 1 heterocycles. The molecule has 106 valence electrons. The van der Waals surface area contributed by atoms with E-state index in [4.69, 9.17) is 10.4 Å². The first-order chi connectivity index (χ1) is 9.63. The molecule has 1 aromatic heterocycles. The van der Waals surface area contributed by atoms with Crippen LogP contribution in [-0.2, 0) is 0 Å². The molecule has 0 radical (unpaired) electrons. The van der Waals surface area contributed by atoms with E-state index in [1.54, 1.807) is 4.90 Å². The highest BCUT2D eigenvalue weighted by Gasteiger charge is 2.17. The summed E-state index contributed by atoms with van der Waals surface area (Å²) in [5.74, 6) is 5.79. The number of carbonyl (C=O) groups excluding carboxylic acids is 1. The average Bonchev–Trinajstić information content (AvgIpc) is 2.81. The predicted molar refractivity (Wildman–Crippen MR) is 79.4 cm³/mol. The molecule has 0 atom stereocenters. The Bertz CT molecular complexity index is 561. The summed E-state index contributed by atoms with van der Waals surface area (Å²) in [5, 5.41) is 17.3. The van der Waals surface area contributed by atoms with Crippen molar-refractivity contribution in [3.8, 4) is 17.9 Å². The van der Waals surface area contributed by atoms with Crippen LogP contribution in [0.5, 0.6) is 0 Å². The van der Waals surface area contributed by atoms with E-state index in [-0.39, 0.29) is 12.5 Å². The van der Waals surface area contributed by atoms with Crippen molar-refractivity contribution in [3.63, 3.8) is 0 Å². The van der Waals surface area contributed by atoms with Crippen LogP contribution in [-0.4, -0.2) is 35.6 Å². The Labute approximate surface area is 123 Å². The summed E-state index contributed by atoms with van der Waals surface area (Å²) in [5.41, 5.74) is 0.972. The number of nitriles is 1. The highest BCUT2D eigenvalue weighted by atomic mass is 32.1. The second kappa shape index (κ2) is 8.37. The SMILES string of the molecule is CCN(CCC#N)C(=O)c1cc(C)c(C#CCCO)s1. The fourth-order valence-corrected chi connectivity index (χ4v) is 2.67. The Balaban J connectivity index is 2.87. The molecule has 20 heavy (non-hydrogen) atoms. The van der Waals surface area contributed by atoms with Crippen molar-refractivity contribution in [2.45, 2.75) is 26.7 Å². The molecule has 0 aliphatic rings.